The third kappa shape index (κ3) is 3.40. The van der Waals surface area contributed by atoms with E-state index in [0.29, 0.717) is 6.61 Å². The standard InChI is InChI=1S/C14H18N4O/c1-4-16-14-7-13(17-10(3)18-14)11-6-12(19-5-2)9-15-8-11/h6-9H,4-5H2,1-3H3,(H,16,17,18). The van der Waals surface area contributed by atoms with E-state index in [2.05, 4.69) is 20.3 Å². The number of aryl methyl sites for hydroxylation is 1. The minimum Gasteiger partial charge on any atom is -0.492 e. The molecule has 0 aliphatic carbocycles. The van der Waals surface area contributed by atoms with E-state index < -0.39 is 0 Å². The summed E-state index contributed by atoms with van der Waals surface area (Å²) in [6.45, 7) is 7.31. The van der Waals surface area contributed by atoms with Crippen molar-refractivity contribution in [3.8, 4) is 17.0 Å². The highest BCUT2D eigenvalue weighted by Crippen LogP contribution is 2.22. The monoisotopic (exact) mass is 258 g/mol. The van der Waals surface area contributed by atoms with Crippen LogP contribution in [0, 0.1) is 6.92 Å². The Labute approximate surface area is 113 Å². The largest absolute Gasteiger partial charge is 0.492 e. The molecule has 0 saturated carbocycles. The van der Waals surface area contributed by atoms with Gasteiger partial charge < -0.3 is 10.1 Å². The average Bonchev–Trinajstić information content (AvgIpc) is 2.39. The van der Waals surface area contributed by atoms with Gasteiger partial charge in [-0.25, -0.2) is 9.97 Å². The number of pyridine rings is 1. The molecule has 5 heteroatoms. The van der Waals surface area contributed by atoms with Crippen molar-refractivity contribution in [1.82, 2.24) is 15.0 Å². The summed E-state index contributed by atoms with van der Waals surface area (Å²) in [5.74, 6) is 2.31. The highest BCUT2D eigenvalue weighted by atomic mass is 16.5. The van der Waals surface area contributed by atoms with E-state index in [1.807, 2.05) is 32.9 Å². The summed E-state index contributed by atoms with van der Waals surface area (Å²) in [5, 5.41) is 3.20. The summed E-state index contributed by atoms with van der Waals surface area (Å²) in [4.78, 5) is 13.0. The van der Waals surface area contributed by atoms with Gasteiger partial charge in [0, 0.05) is 24.4 Å². The Bertz CT molecular complexity index is 557. The smallest absolute Gasteiger partial charge is 0.138 e. The molecule has 2 rings (SSSR count). The van der Waals surface area contributed by atoms with Gasteiger partial charge in [0.1, 0.15) is 17.4 Å². The first-order chi connectivity index (χ1) is 9.22. The van der Waals surface area contributed by atoms with Crippen molar-refractivity contribution in [2.24, 2.45) is 0 Å². The van der Waals surface area contributed by atoms with Gasteiger partial charge in [0.15, 0.2) is 0 Å². The fraction of sp³-hybridized carbons (Fsp3) is 0.357. The number of hydrogen-bond donors (Lipinski definition) is 1. The maximum absolute atomic E-state index is 5.45. The van der Waals surface area contributed by atoms with Gasteiger partial charge in [-0.2, -0.15) is 0 Å². The lowest BCUT2D eigenvalue weighted by Crippen LogP contribution is -2.02. The minimum atomic E-state index is 0.622. The van der Waals surface area contributed by atoms with E-state index in [-0.39, 0.29) is 0 Å². The summed E-state index contributed by atoms with van der Waals surface area (Å²) in [7, 11) is 0. The average molecular weight is 258 g/mol. The van der Waals surface area contributed by atoms with Gasteiger partial charge in [0.05, 0.1) is 18.5 Å². The van der Waals surface area contributed by atoms with Gasteiger partial charge in [-0.15, -0.1) is 0 Å². The van der Waals surface area contributed by atoms with Gasteiger partial charge in [-0.1, -0.05) is 0 Å². The first-order valence-electron chi connectivity index (χ1n) is 6.40. The summed E-state index contributed by atoms with van der Waals surface area (Å²) in [5.41, 5.74) is 1.77. The van der Waals surface area contributed by atoms with Gasteiger partial charge in [-0.3, -0.25) is 4.98 Å². The number of nitrogens with zero attached hydrogens (tertiary/aromatic N) is 3. The van der Waals surface area contributed by atoms with Crippen molar-refractivity contribution >= 4 is 5.82 Å². The maximum atomic E-state index is 5.45. The molecular formula is C14H18N4O. The Balaban J connectivity index is 2.37. The molecule has 1 N–H and O–H groups in total. The van der Waals surface area contributed by atoms with Crippen LogP contribution in [-0.4, -0.2) is 28.1 Å². The van der Waals surface area contributed by atoms with Crippen LogP contribution in [0.1, 0.15) is 19.7 Å². The van der Waals surface area contributed by atoms with Crippen LogP contribution in [-0.2, 0) is 0 Å². The molecule has 0 amide bonds. The molecule has 19 heavy (non-hydrogen) atoms. The number of anilines is 1. The predicted molar refractivity (Wildman–Crippen MR) is 75.3 cm³/mol. The number of aromatic nitrogens is 3. The topological polar surface area (TPSA) is 59.9 Å². The number of rotatable bonds is 5. The van der Waals surface area contributed by atoms with E-state index >= 15 is 0 Å². The van der Waals surface area contributed by atoms with Crippen LogP contribution < -0.4 is 10.1 Å². The molecule has 0 spiro atoms. The number of ether oxygens (including phenoxy) is 1. The molecule has 0 atom stereocenters. The SMILES string of the molecule is CCNc1cc(-c2cncc(OCC)c2)nc(C)n1. The Morgan fingerprint density at radius 2 is 2.00 bits per heavy atom. The summed E-state index contributed by atoms with van der Waals surface area (Å²) in [6, 6.07) is 3.86. The van der Waals surface area contributed by atoms with Crippen LogP contribution in [0.15, 0.2) is 24.5 Å². The molecule has 2 aromatic rings. The van der Waals surface area contributed by atoms with Crippen molar-refractivity contribution in [3.63, 3.8) is 0 Å². The summed E-state index contributed by atoms with van der Waals surface area (Å²) in [6.07, 6.45) is 3.48. The fourth-order valence-electron chi connectivity index (χ4n) is 1.79. The Kier molecular flexibility index (Phi) is 4.28. The van der Waals surface area contributed by atoms with Crippen molar-refractivity contribution in [2.75, 3.05) is 18.5 Å². The quantitative estimate of drug-likeness (QED) is 0.893. The second-order valence-electron chi connectivity index (χ2n) is 4.06. The lowest BCUT2D eigenvalue weighted by atomic mass is 10.2. The molecule has 0 saturated heterocycles. The highest BCUT2D eigenvalue weighted by molar-refractivity contribution is 5.63. The molecule has 0 aromatic carbocycles. The van der Waals surface area contributed by atoms with Crippen LogP contribution in [0.25, 0.3) is 11.3 Å². The zero-order chi connectivity index (χ0) is 13.7. The van der Waals surface area contributed by atoms with Crippen molar-refractivity contribution in [2.45, 2.75) is 20.8 Å². The molecular weight excluding hydrogens is 240 g/mol. The van der Waals surface area contributed by atoms with Gasteiger partial charge in [0.25, 0.3) is 0 Å². The Hall–Kier alpha value is -2.17. The molecule has 0 aliphatic heterocycles. The summed E-state index contributed by atoms with van der Waals surface area (Å²) < 4.78 is 5.45. The molecule has 5 nitrogen and oxygen atoms in total. The van der Waals surface area contributed by atoms with E-state index in [1.54, 1.807) is 12.4 Å². The van der Waals surface area contributed by atoms with Crippen molar-refractivity contribution in [3.05, 3.63) is 30.4 Å². The third-order valence-electron chi connectivity index (χ3n) is 2.52. The first kappa shape index (κ1) is 13.3. The number of hydrogen-bond acceptors (Lipinski definition) is 5. The first-order valence-corrected chi connectivity index (χ1v) is 6.40. The number of nitrogens with one attached hydrogen (secondary N) is 1. The molecule has 0 aliphatic rings. The van der Waals surface area contributed by atoms with Crippen molar-refractivity contribution < 1.29 is 4.74 Å². The van der Waals surface area contributed by atoms with Crippen molar-refractivity contribution in [1.29, 1.82) is 0 Å². The summed E-state index contributed by atoms with van der Waals surface area (Å²) >= 11 is 0. The normalized spacial score (nSPS) is 10.3. The van der Waals surface area contributed by atoms with E-state index in [4.69, 9.17) is 4.74 Å². The Morgan fingerprint density at radius 3 is 2.74 bits per heavy atom. The van der Waals surface area contributed by atoms with Crippen LogP contribution in [0.4, 0.5) is 5.82 Å². The van der Waals surface area contributed by atoms with E-state index in [9.17, 15) is 0 Å². The molecule has 0 unspecified atom stereocenters. The highest BCUT2D eigenvalue weighted by Gasteiger charge is 2.06. The van der Waals surface area contributed by atoms with Crippen LogP contribution in [0.3, 0.4) is 0 Å². The second-order valence-corrected chi connectivity index (χ2v) is 4.06. The van der Waals surface area contributed by atoms with Crippen LogP contribution >= 0.6 is 0 Å². The van der Waals surface area contributed by atoms with Crippen LogP contribution in [0.2, 0.25) is 0 Å². The van der Waals surface area contributed by atoms with Gasteiger partial charge in [0.2, 0.25) is 0 Å². The van der Waals surface area contributed by atoms with E-state index in [0.717, 1.165) is 35.2 Å². The molecule has 0 fully saturated rings. The second kappa shape index (κ2) is 6.13. The zero-order valence-electron chi connectivity index (χ0n) is 11.5. The minimum absolute atomic E-state index is 0.622. The Morgan fingerprint density at radius 1 is 1.16 bits per heavy atom. The predicted octanol–water partition coefficient (Wildman–Crippen LogP) is 2.68. The van der Waals surface area contributed by atoms with Gasteiger partial charge >= 0.3 is 0 Å². The lowest BCUT2D eigenvalue weighted by molar-refractivity contribution is 0.339. The maximum Gasteiger partial charge on any atom is 0.138 e. The molecule has 0 bridgehead atoms. The fourth-order valence-corrected chi connectivity index (χ4v) is 1.79. The molecule has 0 radical (unpaired) electrons. The molecule has 2 heterocycles. The lowest BCUT2D eigenvalue weighted by Gasteiger charge is -2.08. The van der Waals surface area contributed by atoms with Crippen LogP contribution in [0.5, 0.6) is 5.75 Å². The molecule has 100 valence electrons. The molecule has 2 aromatic heterocycles. The van der Waals surface area contributed by atoms with E-state index in [1.165, 1.54) is 0 Å². The van der Waals surface area contributed by atoms with Gasteiger partial charge in [-0.05, 0) is 26.8 Å². The third-order valence-corrected chi connectivity index (χ3v) is 2.52. The zero-order valence-corrected chi connectivity index (χ0v) is 11.5.